The van der Waals surface area contributed by atoms with Gasteiger partial charge in [0, 0.05) is 28.2 Å². The molecule has 3 N–H and O–H groups in total. The molecular weight excluding hydrogens is 358 g/mol. The fourth-order valence-corrected chi connectivity index (χ4v) is 2.87. The number of nitrogens with one attached hydrogen (secondary N) is 3. The van der Waals surface area contributed by atoms with Gasteiger partial charge in [-0.3, -0.25) is 20.4 Å². The summed E-state index contributed by atoms with van der Waals surface area (Å²) in [6, 6.07) is 14.4. The SMILES string of the molecule is Cc1noc(-c2ccc(C(=O)NNC(=O)Cc3c[nH]c4ccccc34)cc2)n1. The second-order valence-corrected chi connectivity index (χ2v) is 6.26. The number of hydrazine groups is 1. The van der Waals surface area contributed by atoms with Crippen LogP contribution in [0.15, 0.2) is 59.3 Å². The summed E-state index contributed by atoms with van der Waals surface area (Å²) in [4.78, 5) is 31.7. The number of nitrogens with zero attached hydrogens (tertiary/aromatic N) is 2. The number of aromatic amines is 1. The number of hydrogen-bond acceptors (Lipinski definition) is 5. The second kappa shape index (κ2) is 7.36. The molecule has 0 saturated heterocycles. The lowest BCUT2D eigenvalue weighted by molar-refractivity contribution is -0.121. The Balaban J connectivity index is 1.35. The Morgan fingerprint density at radius 2 is 1.86 bits per heavy atom. The lowest BCUT2D eigenvalue weighted by Crippen LogP contribution is -2.42. The molecule has 8 nitrogen and oxygen atoms in total. The molecule has 0 aliphatic heterocycles. The lowest BCUT2D eigenvalue weighted by Gasteiger charge is -2.07. The Bertz CT molecular complexity index is 1140. The lowest BCUT2D eigenvalue weighted by atomic mass is 10.1. The molecule has 0 saturated carbocycles. The summed E-state index contributed by atoms with van der Waals surface area (Å²) >= 11 is 0. The summed E-state index contributed by atoms with van der Waals surface area (Å²) < 4.78 is 5.09. The van der Waals surface area contributed by atoms with Crippen LogP contribution in [-0.4, -0.2) is 26.9 Å². The molecule has 4 rings (SSSR count). The van der Waals surface area contributed by atoms with Crippen molar-refractivity contribution in [1.29, 1.82) is 0 Å². The first-order valence-electron chi connectivity index (χ1n) is 8.65. The first kappa shape index (κ1) is 17.5. The number of benzene rings is 2. The van der Waals surface area contributed by atoms with Crippen molar-refractivity contribution >= 4 is 22.7 Å². The maximum atomic E-state index is 12.2. The minimum atomic E-state index is -0.416. The fraction of sp³-hybridized carbons (Fsp3) is 0.100. The molecule has 2 heterocycles. The number of hydrogen-bond donors (Lipinski definition) is 3. The van der Waals surface area contributed by atoms with Crippen molar-refractivity contribution in [3.63, 3.8) is 0 Å². The molecular formula is C20H17N5O3. The molecule has 0 aliphatic carbocycles. The van der Waals surface area contributed by atoms with E-state index >= 15 is 0 Å². The van der Waals surface area contributed by atoms with Gasteiger partial charge in [-0.05, 0) is 42.8 Å². The van der Waals surface area contributed by atoms with Gasteiger partial charge in [0.2, 0.25) is 5.91 Å². The van der Waals surface area contributed by atoms with Gasteiger partial charge in [-0.15, -0.1) is 0 Å². The highest BCUT2D eigenvalue weighted by atomic mass is 16.5. The molecule has 0 spiro atoms. The van der Waals surface area contributed by atoms with E-state index in [-0.39, 0.29) is 12.3 Å². The normalized spacial score (nSPS) is 10.8. The van der Waals surface area contributed by atoms with Crippen LogP contribution in [0.3, 0.4) is 0 Å². The van der Waals surface area contributed by atoms with E-state index in [1.54, 1.807) is 37.4 Å². The molecule has 2 aromatic heterocycles. The molecule has 0 unspecified atom stereocenters. The number of amides is 2. The third-order valence-corrected chi connectivity index (χ3v) is 4.26. The number of aryl methyl sites for hydroxylation is 1. The summed E-state index contributed by atoms with van der Waals surface area (Å²) in [7, 11) is 0. The van der Waals surface area contributed by atoms with Gasteiger partial charge in [0.05, 0.1) is 6.42 Å². The van der Waals surface area contributed by atoms with E-state index in [9.17, 15) is 9.59 Å². The van der Waals surface area contributed by atoms with Crippen molar-refractivity contribution < 1.29 is 14.1 Å². The largest absolute Gasteiger partial charge is 0.361 e. The monoisotopic (exact) mass is 375 g/mol. The molecule has 0 aliphatic rings. The van der Waals surface area contributed by atoms with Crippen molar-refractivity contribution in [3.8, 4) is 11.5 Å². The average Bonchev–Trinajstić information content (AvgIpc) is 3.33. The molecule has 8 heteroatoms. The molecule has 0 fully saturated rings. The van der Waals surface area contributed by atoms with Gasteiger partial charge in [0.15, 0.2) is 5.82 Å². The highest BCUT2D eigenvalue weighted by Gasteiger charge is 2.12. The van der Waals surface area contributed by atoms with E-state index in [2.05, 4.69) is 26.0 Å². The maximum Gasteiger partial charge on any atom is 0.269 e. The van der Waals surface area contributed by atoms with Crippen molar-refractivity contribution in [3.05, 3.63) is 71.7 Å². The summed E-state index contributed by atoms with van der Waals surface area (Å²) in [6.07, 6.45) is 1.95. The number of fused-ring (bicyclic) bond motifs is 1. The summed E-state index contributed by atoms with van der Waals surface area (Å²) in [6.45, 7) is 1.73. The highest BCUT2D eigenvalue weighted by molar-refractivity contribution is 5.96. The first-order valence-corrected chi connectivity index (χ1v) is 8.65. The smallest absolute Gasteiger partial charge is 0.269 e. The van der Waals surface area contributed by atoms with Crippen LogP contribution in [0.5, 0.6) is 0 Å². The average molecular weight is 375 g/mol. The number of carbonyl (C=O) groups excluding carboxylic acids is 2. The van der Waals surface area contributed by atoms with Crippen molar-refractivity contribution in [2.24, 2.45) is 0 Å². The Kier molecular flexibility index (Phi) is 4.59. The summed E-state index contributed by atoms with van der Waals surface area (Å²) in [5, 5.41) is 4.72. The third kappa shape index (κ3) is 3.61. The zero-order valence-corrected chi connectivity index (χ0v) is 15.0. The molecule has 0 atom stereocenters. The minimum absolute atomic E-state index is 0.153. The quantitative estimate of drug-likeness (QED) is 0.475. The molecule has 4 aromatic rings. The van der Waals surface area contributed by atoms with Gasteiger partial charge in [0.25, 0.3) is 11.8 Å². The van der Waals surface area contributed by atoms with Crippen LogP contribution in [0.2, 0.25) is 0 Å². The summed E-state index contributed by atoms with van der Waals surface area (Å²) in [5.41, 5.74) is 7.79. The van der Waals surface area contributed by atoms with Gasteiger partial charge in [-0.25, -0.2) is 0 Å². The second-order valence-electron chi connectivity index (χ2n) is 6.26. The Morgan fingerprint density at radius 3 is 2.61 bits per heavy atom. The zero-order valence-electron chi connectivity index (χ0n) is 15.0. The van der Waals surface area contributed by atoms with E-state index < -0.39 is 5.91 Å². The molecule has 28 heavy (non-hydrogen) atoms. The number of para-hydroxylation sites is 1. The topological polar surface area (TPSA) is 113 Å². The van der Waals surface area contributed by atoms with Gasteiger partial charge >= 0.3 is 0 Å². The molecule has 0 radical (unpaired) electrons. The van der Waals surface area contributed by atoms with Crippen LogP contribution in [0.4, 0.5) is 0 Å². The minimum Gasteiger partial charge on any atom is -0.361 e. The number of H-pyrrole nitrogens is 1. The van der Waals surface area contributed by atoms with Crippen LogP contribution in [0.25, 0.3) is 22.4 Å². The zero-order chi connectivity index (χ0) is 19.5. The molecule has 2 amide bonds. The Morgan fingerprint density at radius 1 is 1.07 bits per heavy atom. The Labute approximate surface area is 159 Å². The van der Waals surface area contributed by atoms with Gasteiger partial charge in [0.1, 0.15) is 0 Å². The van der Waals surface area contributed by atoms with E-state index in [4.69, 9.17) is 4.52 Å². The molecule has 140 valence electrons. The van der Waals surface area contributed by atoms with Crippen LogP contribution in [0.1, 0.15) is 21.7 Å². The first-order chi connectivity index (χ1) is 13.6. The predicted molar refractivity (Wildman–Crippen MR) is 102 cm³/mol. The van der Waals surface area contributed by atoms with Crippen molar-refractivity contribution in [2.75, 3.05) is 0 Å². The van der Waals surface area contributed by atoms with Crippen molar-refractivity contribution in [1.82, 2.24) is 26.0 Å². The fourth-order valence-electron chi connectivity index (χ4n) is 2.87. The maximum absolute atomic E-state index is 12.2. The van der Waals surface area contributed by atoms with Crippen LogP contribution in [0, 0.1) is 6.92 Å². The van der Waals surface area contributed by atoms with E-state index in [0.717, 1.165) is 16.5 Å². The molecule has 2 aromatic carbocycles. The van der Waals surface area contributed by atoms with Gasteiger partial charge in [-0.2, -0.15) is 4.98 Å². The summed E-state index contributed by atoms with van der Waals surface area (Å²) in [5.74, 6) is 0.197. The third-order valence-electron chi connectivity index (χ3n) is 4.26. The molecule has 0 bridgehead atoms. The standard InChI is InChI=1S/C20H17N5O3/c1-12-22-20(28-25-12)14-8-6-13(7-9-14)19(27)24-23-18(26)10-15-11-21-17-5-3-2-4-16(15)17/h2-9,11,21H,10H2,1H3,(H,23,26)(H,24,27). The van der Waals surface area contributed by atoms with Crippen molar-refractivity contribution in [2.45, 2.75) is 13.3 Å². The number of aromatic nitrogens is 3. The van der Waals surface area contributed by atoms with E-state index in [1.807, 2.05) is 24.3 Å². The van der Waals surface area contributed by atoms with Gasteiger partial charge in [-0.1, -0.05) is 23.4 Å². The van der Waals surface area contributed by atoms with Crippen LogP contribution < -0.4 is 10.9 Å². The Hall–Kier alpha value is -3.94. The van der Waals surface area contributed by atoms with Crippen LogP contribution >= 0.6 is 0 Å². The number of rotatable bonds is 4. The highest BCUT2D eigenvalue weighted by Crippen LogP contribution is 2.18. The number of carbonyl (C=O) groups is 2. The van der Waals surface area contributed by atoms with Gasteiger partial charge < -0.3 is 9.51 Å². The predicted octanol–water partition coefficient (Wildman–Crippen LogP) is 2.53. The van der Waals surface area contributed by atoms with E-state index in [0.29, 0.717) is 22.8 Å². The van der Waals surface area contributed by atoms with Crippen LogP contribution in [-0.2, 0) is 11.2 Å². The van der Waals surface area contributed by atoms with E-state index in [1.165, 1.54) is 0 Å².